The summed E-state index contributed by atoms with van der Waals surface area (Å²) in [6, 6.07) is 8.90. The average Bonchev–Trinajstić information content (AvgIpc) is 2.30. The van der Waals surface area contributed by atoms with Crippen LogP contribution in [-0.4, -0.2) is 0 Å². The van der Waals surface area contributed by atoms with E-state index < -0.39 is 0 Å². The Kier molecular flexibility index (Phi) is 4.70. The Bertz CT molecular complexity index is 603. The SMILES string of the molecule is Cc1cc(F)cc(C)c1C(Cl)c1cc(Br)ccc1Br. The topological polar surface area (TPSA) is 0 Å². The van der Waals surface area contributed by atoms with Gasteiger partial charge >= 0.3 is 0 Å². The molecule has 1 unspecified atom stereocenters. The molecule has 0 N–H and O–H groups in total. The van der Waals surface area contributed by atoms with Crippen LogP contribution in [0.15, 0.2) is 39.3 Å². The molecule has 0 fully saturated rings. The number of alkyl halides is 1. The van der Waals surface area contributed by atoms with Crippen LogP contribution in [0, 0.1) is 19.7 Å². The summed E-state index contributed by atoms with van der Waals surface area (Å²) < 4.78 is 15.3. The molecule has 19 heavy (non-hydrogen) atoms. The van der Waals surface area contributed by atoms with Crippen molar-refractivity contribution in [3.05, 3.63) is 67.3 Å². The Hall–Kier alpha value is -0.380. The van der Waals surface area contributed by atoms with E-state index in [-0.39, 0.29) is 11.2 Å². The molecule has 4 heteroatoms. The molecule has 0 aliphatic heterocycles. The Morgan fingerprint density at radius 1 is 1.05 bits per heavy atom. The lowest BCUT2D eigenvalue weighted by Gasteiger charge is -2.18. The Morgan fingerprint density at radius 3 is 2.21 bits per heavy atom. The lowest BCUT2D eigenvalue weighted by molar-refractivity contribution is 0.624. The van der Waals surface area contributed by atoms with Gasteiger partial charge in [0.2, 0.25) is 0 Å². The first-order valence-corrected chi connectivity index (χ1v) is 7.78. The van der Waals surface area contributed by atoms with Crippen LogP contribution in [0.1, 0.15) is 27.6 Å². The third kappa shape index (κ3) is 3.21. The van der Waals surface area contributed by atoms with E-state index in [0.29, 0.717) is 0 Å². The van der Waals surface area contributed by atoms with Gasteiger partial charge in [0.05, 0.1) is 5.38 Å². The van der Waals surface area contributed by atoms with E-state index >= 15 is 0 Å². The second-order valence-corrected chi connectivity index (χ2v) is 6.69. The lowest BCUT2D eigenvalue weighted by Crippen LogP contribution is -2.01. The van der Waals surface area contributed by atoms with Gasteiger partial charge in [-0.25, -0.2) is 4.39 Å². The molecule has 2 aromatic carbocycles. The fraction of sp³-hybridized carbons (Fsp3) is 0.200. The standard InChI is InChI=1S/C15H12Br2ClF/c1-8-5-11(19)6-9(2)14(8)15(18)12-7-10(16)3-4-13(12)17/h3-7,15H,1-2H3. The quantitative estimate of drug-likeness (QED) is 0.514. The summed E-state index contributed by atoms with van der Waals surface area (Å²) in [7, 11) is 0. The van der Waals surface area contributed by atoms with Crippen molar-refractivity contribution in [2.45, 2.75) is 19.2 Å². The van der Waals surface area contributed by atoms with E-state index in [1.807, 2.05) is 32.0 Å². The fourth-order valence-corrected chi connectivity index (χ4v) is 3.70. The monoisotopic (exact) mass is 404 g/mol. The van der Waals surface area contributed by atoms with E-state index in [4.69, 9.17) is 11.6 Å². The van der Waals surface area contributed by atoms with Crippen LogP contribution in [0.3, 0.4) is 0 Å². The summed E-state index contributed by atoms with van der Waals surface area (Å²) in [5.41, 5.74) is 3.66. The van der Waals surface area contributed by atoms with Crippen LogP contribution in [0.25, 0.3) is 0 Å². The summed E-state index contributed by atoms with van der Waals surface area (Å²) in [6.07, 6.45) is 0. The molecule has 100 valence electrons. The maximum atomic E-state index is 13.4. The Morgan fingerprint density at radius 2 is 1.63 bits per heavy atom. The number of rotatable bonds is 2. The first kappa shape index (κ1) is 15.0. The summed E-state index contributed by atoms with van der Waals surface area (Å²) in [5.74, 6) is -0.226. The molecular weight excluding hydrogens is 394 g/mol. The zero-order valence-corrected chi connectivity index (χ0v) is 14.4. The predicted molar refractivity (Wildman–Crippen MR) is 85.4 cm³/mol. The highest BCUT2D eigenvalue weighted by Gasteiger charge is 2.19. The molecule has 0 aromatic heterocycles. The van der Waals surface area contributed by atoms with Gasteiger partial charge in [0, 0.05) is 8.95 Å². The van der Waals surface area contributed by atoms with E-state index in [9.17, 15) is 4.39 Å². The maximum absolute atomic E-state index is 13.4. The van der Waals surface area contributed by atoms with Gasteiger partial charge in [0.25, 0.3) is 0 Å². The highest BCUT2D eigenvalue weighted by Crippen LogP contribution is 2.38. The van der Waals surface area contributed by atoms with Crippen LogP contribution in [0.5, 0.6) is 0 Å². The second kappa shape index (κ2) is 5.94. The third-order valence-corrected chi connectivity index (χ3v) is 4.71. The normalized spacial score (nSPS) is 12.5. The first-order chi connectivity index (χ1) is 8.90. The number of hydrogen-bond donors (Lipinski definition) is 0. The molecule has 0 nitrogen and oxygen atoms in total. The van der Waals surface area contributed by atoms with E-state index in [0.717, 1.165) is 31.2 Å². The van der Waals surface area contributed by atoms with Crippen LogP contribution in [0.4, 0.5) is 4.39 Å². The van der Waals surface area contributed by atoms with Crippen LogP contribution < -0.4 is 0 Å². The van der Waals surface area contributed by atoms with Gasteiger partial charge in [-0.05, 0) is 66.4 Å². The lowest BCUT2D eigenvalue weighted by atomic mass is 9.95. The minimum absolute atomic E-state index is 0.226. The van der Waals surface area contributed by atoms with Crippen LogP contribution >= 0.6 is 43.5 Å². The molecule has 2 rings (SSSR count). The van der Waals surface area contributed by atoms with E-state index in [1.54, 1.807) is 0 Å². The average molecular weight is 407 g/mol. The highest BCUT2D eigenvalue weighted by molar-refractivity contribution is 9.11. The van der Waals surface area contributed by atoms with Crippen molar-refractivity contribution in [1.82, 2.24) is 0 Å². The first-order valence-electron chi connectivity index (χ1n) is 5.76. The largest absolute Gasteiger partial charge is 0.207 e. The molecule has 0 saturated heterocycles. The maximum Gasteiger partial charge on any atom is 0.123 e. The molecule has 0 aliphatic carbocycles. The second-order valence-electron chi connectivity index (χ2n) is 4.48. The molecule has 2 aromatic rings. The van der Waals surface area contributed by atoms with Crippen LogP contribution in [0.2, 0.25) is 0 Å². The number of hydrogen-bond acceptors (Lipinski definition) is 0. The zero-order valence-electron chi connectivity index (χ0n) is 10.5. The predicted octanol–water partition coefficient (Wildman–Crippen LogP) is 6.30. The molecule has 1 atom stereocenters. The molecule has 0 saturated carbocycles. The van der Waals surface area contributed by atoms with Crippen molar-refractivity contribution in [3.8, 4) is 0 Å². The molecule has 0 heterocycles. The minimum Gasteiger partial charge on any atom is -0.207 e. The van der Waals surface area contributed by atoms with Crippen LogP contribution in [-0.2, 0) is 0 Å². The van der Waals surface area contributed by atoms with Gasteiger partial charge in [0.1, 0.15) is 5.82 Å². The van der Waals surface area contributed by atoms with Gasteiger partial charge in [-0.2, -0.15) is 0 Å². The van der Waals surface area contributed by atoms with Gasteiger partial charge in [-0.3, -0.25) is 0 Å². The molecule has 0 aliphatic rings. The number of aryl methyl sites for hydroxylation is 2. The minimum atomic E-state index is -0.313. The number of benzene rings is 2. The van der Waals surface area contributed by atoms with Crippen molar-refractivity contribution in [2.24, 2.45) is 0 Å². The third-order valence-electron chi connectivity index (χ3n) is 3.04. The summed E-state index contributed by atoms with van der Waals surface area (Å²) in [4.78, 5) is 0. The highest BCUT2D eigenvalue weighted by atomic mass is 79.9. The molecule has 0 spiro atoms. The molecule has 0 radical (unpaired) electrons. The van der Waals surface area contributed by atoms with E-state index in [2.05, 4.69) is 31.9 Å². The molecular formula is C15H12Br2ClF. The van der Waals surface area contributed by atoms with Gasteiger partial charge in [-0.1, -0.05) is 31.9 Å². The molecule has 0 bridgehead atoms. The van der Waals surface area contributed by atoms with Crippen molar-refractivity contribution in [1.29, 1.82) is 0 Å². The summed E-state index contributed by atoms with van der Waals surface area (Å²) in [5, 5.41) is -0.313. The summed E-state index contributed by atoms with van der Waals surface area (Å²) in [6.45, 7) is 3.76. The zero-order chi connectivity index (χ0) is 14.2. The Labute approximate surface area is 134 Å². The Balaban J connectivity index is 2.56. The number of halogens is 4. The van der Waals surface area contributed by atoms with Gasteiger partial charge < -0.3 is 0 Å². The smallest absolute Gasteiger partial charge is 0.123 e. The van der Waals surface area contributed by atoms with E-state index in [1.165, 1.54) is 12.1 Å². The molecule has 0 amide bonds. The van der Waals surface area contributed by atoms with Crippen molar-refractivity contribution >= 4 is 43.5 Å². The van der Waals surface area contributed by atoms with Crippen molar-refractivity contribution < 1.29 is 4.39 Å². The van der Waals surface area contributed by atoms with Gasteiger partial charge in [-0.15, -0.1) is 11.6 Å². The van der Waals surface area contributed by atoms with Gasteiger partial charge in [0.15, 0.2) is 0 Å². The summed E-state index contributed by atoms with van der Waals surface area (Å²) >= 11 is 13.6. The van der Waals surface area contributed by atoms with Crippen molar-refractivity contribution in [2.75, 3.05) is 0 Å². The fourth-order valence-electron chi connectivity index (χ4n) is 2.19. The van der Waals surface area contributed by atoms with Crippen molar-refractivity contribution in [3.63, 3.8) is 0 Å².